The average Bonchev–Trinajstić information content (AvgIpc) is 3.52. The minimum absolute atomic E-state index is 0.139. The third-order valence-electron chi connectivity index (χ3n) is 6.98. The summed E-state index contributed by atoms with van der Waals surface area (Å²) in [5.41, 5.74) is 1.68. The number of fused-ring (bicyclic) bond motifs is 1. The van der Waals surface area contributed by atoms with Crippen molar-refractivity contribution in [1.82, 2.24) is 29.7 Å². The number of methoxy groups -OCH3 is 1. The van der Waals surface area contributed by atoms with Crippen molar-refractivity contribution in [2.45, 2.75) is 32.4 Å². The van der Waals surface area contributed by atoms with Gasteiger partial charge in [0.05, 0.1) is 18.7 Å². The first kappa shape index (κ1) is 28.1. The summed E-state index contributed by atoms with van der Waals surface area (Å²) in [6.07, 6.45) is 4.78. The molecule has 13 heteroatoms. The lowest BCUT2D eigenvalue weighted by Crippen LogP contribution is -2.56. The number of carbonyl (C=O) groups is 2. The van der Waals surface area contributed by atoms with E-state index in [4.69, 9.17) is 23.9 Å². The van der Waals surface area contributed by atoms with Gasteiger partial charge in [-0.15, -0.1) is 0 Å². The zero-order valence-corrected chi connectivity index (χ0v) is 23.5. The number of rotatable bonds is 9. The summed E-state index contributed by atoms with van der Waals surface area (Å²) in [7, 11) is 1.55. The predicted octanol–water partition coefficient (Wildman–Crippen LogP) is 2.28. The van der Waals surface area contributed by atoms with Crippen molar-refractivity contribution in [1.29, 1.82) is 0 Å². The van der Waals surface area contributed by atoms with Gasteiger partial charge in [-0.3, -0.25) is 9.36 Å². The number of piperazine rings is 1. The van der Waals surface area contributed by atoms with Gasteiger partial charge in [0, 0.05) is 57.3 Å². The third-order valence-corrected chi connectivity index (χ3v) is 6.98. The van der Waals surface area contributed by atoms with Crippen LogP contribution in [0.15, 0.2) is 43.0 Å². The van der Waals surface area contributed by atoms with Gasteiger partial charge in [-0.1, -0.05) is 6.07 Å². The standard InChI is InChI=1S/C28H35N7O6/c1-19-14-25(32-27(30-19)34-7-6-29-18-34)35-9-8-33(28(37)41-11-10-38-3)17-22(35)16-26(36)31-20(2)21-4-5-23-24(15-21)40-13-12-39-23/h4-7,14-15,18,20,22H,8-13,16-17H2,1-3H3,(H,31,36). The van der Waals surface area contributed by atoms with E-state index in [9.17, 15) is 9.59 Å². The zero-order valence-electron chi connectivity index (χ0n) is 23.5. The van der Waals surface area contributed by atoms with Crippen LogP contribution in [0.4, 0.5) is 10.6 Å². The number of nitrogens with zero attached hydrogens (tertiary/aromatic N) is 6. The van der Waals surface area contributed by atoms with Gasteiger partial charge in [-0.25, -0.2) is 14.8 Å². The molecule has 13 nitrogen and oxygen atoms in total. The number of amides is 2. The summed E-state index contributed by atoms with van der Waals surface area (Å²) in [6.45, 7) is 6.47. The Balaban J connectivity index is 1.33. The van der Waals surface area contributed by atoms with Gasteiger partial charge in [-0.05, 0) is 31.5 Å². The molecule has 0 aliphatic carbocycles. The molecule has 1 saturated heterocycles. The lowest BCUT2D eigenvalue weighted by molar-refractivity contribution is -0.122. The lowest BCUT2D eigenvalue weighted by Gasteiger charge is -2.41. The van der Waals surface area contributed by atoms with Crippen LogP contribution in [0, 0.1) is 6.92 Å². The van der Waals surface area contributed by atoms with Crippen molar-refractivity contribution >= 4 is 17.8 Å². The minimum Gasteiger partial charge on any atom is -0.486 e. The molecule has 0 radical (unpaired) electrons. The number of hydrogen-bond donors (Lipinski definition) is 1. The van der Waals surface area contributed by atoms with Gasteiger partial charge in [-0.2, -0.15) is 4.98 Å². The largest absolute Gasteiger partial charge is 0.486 e. The topological polar surface area (TPSA) is 133 Å². The Labute approximate surface area is 238 Å². The number of aromatic nitrogens is 4. The number of anilines is 1. The molecule has 5 rings (SSSR count). The third kappa shape index (κ3) is 6.85. The second-order valence-electron chi connectivity index (χ2n) is 9.93. The van der Waals surface area contributed by atoms with Crippen molar-refractivity contribution in [2.75, 3.05) is 58.1 Å². The summed E-state index contributed by atoms with van der Waals surface area (Å²) < 4.78 is 23.4. The molecule has 2 atom stereocenters. The van der Waals surface area contributed by atoms with E-state index in [2.05, 4.69) is 20.2 Å². The first-order valence-corrected chi connectivity index (χ1v) is 13.6. The molecule has 4 heterocycles. The van der Waals surface area contributed by atoms with Crippen LogP contribution in [0.1, 0.15) is 30.6 Å². The summed E-state index contributed by atoms with van der Waals surface area (Å²) in [5, 5.41) is 3.10. The molecule has 2 unspecified atom stereocenters. The fraction of sp³-hybridized carbons (Fsp3) is 0.464. The smallest absolute Gasteiger partial charge is 0.409 e. The number of nitrogens with one attached hydrogen (secondary N) is 1. The average molecular weight is 566 g/mol. The van der Waals surface area contributed by atoms with E-state index in [0.717, 1.165) is 11.3 Å². The molecule has 41 heavy (non-hydrogen) atoms. The molecule has 1 fully saturated rings. The van der Waals surface area contributed by atoms with E-state index in [1.165, 1.54) is 0 Å². The Bertz CT molecular complexity index is 1350. The maximum Gasteiger partial charge on any atom is 0.409 e. The van der Waals surface area contributed by atoms with Crippen LogP contribution in [-0.2, 0) is 14.3 Å². The summed E-state index contributed by atoms with van der Waals surface area (Å²) >= 11 is 0. The van der Waals surface area contributed by atoms with Gasteiger partial charge < -0.3 is 34.1 Å². The highest BCUT2D eigenvalue weighted by Gasteiger charge is 2.33. The summed E-state index contributed by atoms with van der Waals surface area (Å²) in [6, 6.07) is 6.94. The van der Waals surface area contributed by atoms with Crippen molar-refractivity contribution in [3.63, 3.8) is 0 Å². The van der Waals surface area contributed by atoms with Crippen molar-refractivity contribution in [2.24, 2.45) is 0 Å². The minimum atomic E-state index is -0.435. The van der Waals surface area contributed by atoms with E-state index in [1.807, 2.05) is 38.1 Å². The quantitative estimate of drug-likeness (QED) is 0.385. The van der Waals surface area contributed by atoms with Gasteiger partial charge in [0.25, 0.3) is 0 Å². The SMILES string of the molecule is COCCOC(=O)N1CCN(c2cc(C)nc(-n3ccnc3)n2)C(CC(=O)NC(C)c2ccc3c(c2)OCCO3)C1. The van der Waals surface area contributed by atoms with E-state index in [-0.39, 0.29) is 31.0 Å². The van der Waals surface area contributed by atoms with Crippen LogP contribution in [0.3, 0.4) is 0 Å². The normalized spacial score (nSPS) is 17.2. The highest BCUT2D eigenvalue weighted by molar-refractivity contribution is 5.78. The molecule has 1 N–H and O–H groups in total. The first-order chi connectivity index (χ1) is 19.9. The molecule has 0 bridgehead atoms. The van der Waals surface area contributed by atoms with Gasteiger partial charge in [0.15, 0.2) is 11.5 Å². The van der Waals surface area contributed by atoms with Crippen LogP contribution >= 0.6 is 0 Å². The highest BCUT2D eigenvalue weighted by Crippen LogP contribution is 2.32. The molecule has 0 saturated carbocycles. The Hall–Kier alpha value is -4.39. The summed E-state index contributed by atoms with van der Waals surface area (Å²) in [4.78, 5) is 43.2. The number of carbonyl (C=O) groups excluding carboxylic acids is 2. The molecule has 2 aliphatic heterocycles. The van der Waals surface area contributed by atoms with Crippen molar-refractivity contribution in [3.8, 4) is 17.4 Å². The monoisotopic (exact) mass is 565 g/mol. The van der Waals surface area contributed by atoms with Crippen LogP contribution in [0.2, 0.25) is 0 Å². The Morgan fingerprint density at radius 2 is 1.95 bits per heavy atom. The van der Waals surface area contributed by atoms with E-state index in [1.54, 1.807) is 35.3 Å². The van der Waals surface area contributed by atoms with E-state index < -0.39 is 6.09 Å². The molecular weight excluding hydrogens is 530 g/mol. The number of benzene rings is 1. The van der Waals surface area contributed by atoms with Crippen molar-refractivity contribution in [3.05, 3.63) is 54.2 Å². The lowest BCUT2D eigenvalue weighted by atomic mass is 10.0. The molecule has 2 aliphatic rings. The predicted molar refractivity (Wildman–Crippen MR) is 148 cm³/mol. The molecule has 1 aromatic carbocycles. The Kier molecular flexibility index (Phi) is 8.82. The van der Waals surface area contributed by atoms with Gasteiger partial charge >= 0.3 is 6.09 Å². The fourth-order valence-corrected chi connectivity index (χ4v) is 4.90. The Morgan fingerprint density at radius 1 is 1.12 bits per heavy atom. The molecule has 0 spiro atoms. The zero-order chi connectivity index (χ0) is 28.8. The molecular formula is C28H35N7O6. The summed E-state index contributed by atoms with van der Waals surface area (Å²) in [5.74, 6) is 2.37. The second kappa shape index (κ2) is 12.9. The van der Waals surface area contributed by atoms with Crippen LogP contribution < -0.4 is 19.7 Å². The Morgan fingerprint density at radius 3 is 2.73 bits per heavy atom. The molecule has 3 aromatic rings. The van der Waals surface area contributed by atoms with Gasteiger partial charge in [0.1, 0.15) is 32.0 Å². The second-order valence-corrected chi connectivity index (χ2v) is 9.93. The fourth-order valence-electron chi connectivity index (χ4n) is 4.90. The number of aryl methyl sites for hydroxylation is 1. The maximum atomic E-state index is 13.4. The van der Waals surface area contributed by atoms with Crippen LogP contribution in [0.25, 0.3) is 5.95 Å². The molecule has 2 amide bonds. The highest BCUT2D eigenvalue weighted by atomic mass is 16.6. The maximum absolute atomic E-state index is 13.4. The van der Waals surface area contributed by atoms with E-state index >= 15 is 0 Å². The number of ether oxygens (including phenoxy) is 4. The molecule has 2 aromatic heterocycles. The number of imidazole rings is 1. The van der Waals surface area contributed by atoms with Crippen molar-refractivity contribution < 1.29 is 28.5 Å². The first-order valence-electron chi connectivity index (χ1n) is 13.6. The number of hydrogen-bond acceptors (Lipinski definition) is 10. The van der Waals surface area contributed by atoms with Crippen LogP contribution in [0.5, 0.6) is 11.5 Å². The van der Waals surface area contributed by atoms with E-state index in [0.29, 0.717) is 62.7 Å². The van der Waals surface area contributed by atoms with Crippen LogP contribution in [-0.4, -0.2) is 95.6 Å². The van der Waals surface area contributed by atoms with Gasteiger partial charge in [0.2, 0.25) is 11.9 Å². The molecule has 218 valence electrons.